The summed E-state index contributed by atoms with van der Waals surface area (Å²) >= 11 is 0. The Hall–Kier alpha value is -0.860. The monoisotopic (exact) mass is 177 g/mol. The lowest BCUT2D eigenvalue weighted by Crippen LogP contribution is -2.18. The summed E-state index contributed by atoms with van der Waals surface area (Å²) in [6.07, 6.45) is 2.20. The minimum Gasteiger partial charge on any atom is -0.373 e. The Kier molecular flexibility index (Phi) is 2.62. The van der Waals surface area contributed by atoms with Crippen molar-refractivity contribution >= 4 is 0 Å². The molecule has 70 valence electrons. The molecule has 1 heterocycles. The van der Waals surface area contributed by atoms with Gasteiger partial charge < -0.3 is 10.5 Å². The molecule has 2 nitrogen and oxygen atoms in total. The maximum absolute atomic E-state index is 5.66. The molecule has 0 spiro atoms. The molecule has 0 fully saturated rings. The van der Waals surface area contributed by atoms with Gasteiger partial charge in [-0.05, 0) is 30.5 Å². The van der Waals surface area contributed by atoms with Crippen LogP contribution in [0.5, 0.6) is 0 Å². The molecule has 2 N–H and O–H groups in total. The van der Waals surface area contributed by atoms with Crippen LogP contribution in [0, 0.1) is 0 Å². The molecule has 0 unspecified atom stereocenters. The van der Waals surface area contributed by atoms with E-state index in [-0.39, 0.29) is 6.10 Å². The van der Waals surface area contributed by atoms with Crippen LogP contribution in [0.2, 0.25) is 0 Å². The second kappa shape index (κ2) is 3.90. The van der Waals surface area contributed by atoms with Crippen LogP contribution in [0.25, 0.3) is 0 Å². The second-order valence-corrected chi connectivity index (χ2v) is 3.39. The van der Waals surface area contributed by atoms with E-state index in [0.29, 0.717) is 6.54 Å². The summed E-state index contributed by atoms with van der Waals surface area (Å²) in [6.45, 7) is 1.53. The van der Waals surface area contributed by atoms with Gasteiger partial charge in [0.1, 0.15) is 0 Å². The molecule has 13 heavy (non-hydrogen) atoms. The van der Waals surface area contributed by atoms with Gasteiger partial charge in [-0.25, -0.2) is 0 Å². The summed E-state index contributed by atoms with van der Waals surface area (Å²) in [7, 11) is 0. The van der Waals surface area contributed by atoms with E-state index in [2.05, 4.69) is 24.3 Å². The molecule has 1 atom stereocenters. The Morgan fingerprint density at radius 3 is 3.08 bits per heavy atom. The summed E-state index contributed by atoms with van der Waals surface area (Å²) in [5.41, 5.74) is 8.29. The molecule has 0 radical (unpaired) electrons. The second-order valence-electron chi connectivity index (χ2n) is 3.39. The topological polar surface area (TPSA) is 35.2 Å². The van der Waals surface area contributed by atoms with E-state index in [1.165, 1.54) is 11.1 Å². The van der Waals surface area contributed by atoms with Crippen molar-refractivity contribution in [3.63, 3.8) is 0 Å². The minimum absolute atomic E-state index is 0.231. The van der Waals surface area contributed by atoms with Crippen molar-refractivity contribution in [1.29, 1.82) is 0 Å². The Balaban J connectivity index is 2.26. The fourth-order valence-electron chi connectivity index (χ4n) is 1.87. The average molecular weight is 177 g/mol. The van der Waals surface area contributed by atoms with Crippen LogP contribution < -0.4 is 5.73 Å². The Bertz CT molecular complexity index is 285. The van der Waals surface area contributed by atoms with Crippen LogP contribution in [-0.2, 0) is 11.2 Å². The van der Waals surface area contributed by atoms with E-state index in [0.717, 1.165) is 19.4 Å². The largest absolute Gasteiger partial charge is 0.373 e. The third kappa shape index (κ3) is 1.74. The fourth-order valence-corrected chi connectivity index (χ4v) is 1.87. The van der Waals surface area contributed by atoms with Gasteiger partial charge in [-0.15, -0.1) is 0 Å². The number of hydrogen-bond acceptors (Lipinski definition) is 2. The van der Waals surface area contributed by atoms with Crippen LogP contribution in [0.4, 0.5) is 0 Å². The van der Waals surface area contributed by atoms with E-state index < -0.39 is 0 Å². The smallest absolute Gasteiger partial charge is 0.0839 e. The molecule has 0 aliphatic carbocycles. The summed E-state index contributed by atoms with van der Waals surface area (Å²) in [4.78, 5) is 0. The summed E-state index contributed by atoms with van der Waals surface area (Å²) in [5.74, 6) is 0. The van der Waals surface area contributed by atoms with Gasteiger partial charge in [-0.1, -0.05) is 24.3 Å². The molecule has 1 aromatic rings. The van der Waals surface area contributed by atoms with Crippen molar-refractivity contribution in [2.24, 2.45) is 5.73 Å². The maximum atomic E-state index is 5.66. The van der Waals surface area contributed by atoms with Crippen molar-refractivity contribution in [3.05, 3.63) is 35.4 Å². The highest BCUT2D eigenvalue weighted by Gasteiger charge is 2.18. The number of nitrogens with two attached hydrogens (primary N) is 1. The standard InChI is InChI=1S/C11H15NO/c12-7-5-11-10-4-2-1-3-9(10)6-8-13-11/h1-4,11H,5-8,12H2/t11-/m1/s1. The molecule has 2 rings (SSSR count). The number of rotatable bonds is 2. The highest BCUT2D eigenvalue weighted by Crippen LogP contribution is 2.28. The first-order valence-corrected chi connectivity index (χ1v) is 4.81. The van der Waals surface area contributed by atoms with Gasteiger partial charge in [0.05, 0.1) is 12.7 Å². The van der Waals surface area contributed by atoms with Crippen molar-refractivity contribution in [2.75, 3.05) is 13.2 Å². The highest BCUT2D eigenvalue weighted by molar-refractivity contribution is 5.30. The Labute approximate surface area is 78.7 Å². The van der Waals surface area contributed by atoms with Crippen molar-refractivity contribution in [2.45, 2.75) is 18.9 Å². The summed E-state index contributed by atoms with van der Waals surface area (Å²) in [5, 5.41) is 0. The quantitative estimate of drug-likeness (QED) is 0.745. The third-order valence-electron chi connectivity index (χ3n) is 2.52. The molecule has 1 aliphatic heterocycles. The number of benzene rings is 1. The van der Waals surface area contributed by atoms with E-state index in [1.807, 2.05) is 0 Å². The molecular weight excluding hydrogens is 162 g/mol. The molecular formula is C11H15NO. The molecule has 1 aliphatic rings. The first-order valence-electron chi connectivity index (χ1n) is 4.81. The van der Waals surface area contributed by atoms with Gasteiger partial charge in [-0.3, -0.25) is 0 Å². The zero-order chi connectivity index (χ0) is 9.10. The maximum Gasteiger partial charge on any atom is 0.0839 e. The molecule has 2 heteroatoms. The Morgan fingerprint density at radius 1 is 1.38 bits per heavy atom. The lowest BCUT2D eigenvalue weighted by atomic mass is 9.96. The van der Waals surface area contributed by atoms with Gasteiger partial charge >= 0.3 is 0 Å². The van der Waals surface area contributed by atoms with E-state index in [1.54, 1.807) is 0 Å². The fraction of sp³-hybridized carbons (Fsp3) is 0.455. The molecule has 1 aromatic carbocycles. The summed E-state index contributed by atoms with van der Waals surface area (Å²) < 4.78 is 5.66. The van der Waals surface area contributed by atoms with Crippen molar-refractivity contribution in [1.82, 2.24) is 0 Å². The zero-order valence-corrected chi connectivity index (χ0v) is 7.70. The first-order chi connectivity index (χ1) is 6.42. The highest BCUT2D eigenvalue weighted by atomic mass is 16.5. The predicted octanol–water partition coefficient (Wildman–Crippen LogP) is 1.65. The van der Waals surface area contributed by atoms with Gasteiger partial charge in [0.15, 0.2) is 0 Å². The number of hydrogen-bond donors (Lipinski definition) is 1. The van der Waals surface area contributed by atoms with Gasteiger partial charge in [0, 0.05) is 0 Å². The molecule has 0 aromatic heterocycles. The van der Waals surface area contributed by atoms with E-state index in [9.17, 15) is 0 Å². The third-order valence-corrected chi connectivity index (χ3v) is 2.52. The zero-order valence-electron chi connectivity index (χ0n) is 7.70. The van der Waals surface area contributed by atoms with Crippen LogP contribution >= 0.6 is 0 Å². The van der Waals surface area contributed by atoms with Crippen molar-refractivity contribution < 1.29 is 4.74 Å². The lowest BCUT2D eigenvalue weighted by molar-refractivity contribution is 0.0383. The van der Waals surface area contributed by atoms with Crippen LogP contribution in [-0.4, -0.2) is 13.2 Å². The molecule has 0 bridgehead atoms. The number of fused-ring (bicyclic) bond motifs is 1. The van der Waals surface area contributed by atoms with Crippen LogP contribution in [0.3, 0.4) is 0 Å². The Morgan fingerprint density at radius 2 is 2.23 bits per heavy atom. The molecule has 0 amide bonds. The van der Waals surface area contributed by atoms with E-state index in [4.69, 9.17) is 10.5 Å². The molecule has 0 saturated carbocycles. The lowest BCUT2D eigenvalue weighted by Gasteiger charge is -2.25. The van der Waals surface area contributed by atoms with Gasteiger partial charge in [0.25, 0.3) is 0 Å². The number of ether oxygens (including phenoxy) is 1. The van der Waals surface area contributed by atoms with Gasteiger partial charge in [0.2, 0.25) is 0 Å². The van der Waals surface area contributed by atoms with Crippen LogP contribution in [0.15, 0.2) is 24.3 Å². The average Bonchev–Trinajstić information content (AvgIpc) is 2.19. The van der Waals surface area contributed by atoms with E-state index >= 15 is 0 Å². The normalized spacial score (nSPS) is 21.2. The minimum atomic E-state index is 0.231. The van der Waals surface area contributed by atoms with Gasteiger partial charge in [-0.2, -0.15) is 0 Å². The van der Waals surface area contributed by atoms with Crippen molar-refractivity contribution in [3.8, 4) is 0 Å². The summed E-state index contributed by atoms with van der Waals surface area (Å²) in [6, 6.07) is 8.48. The SMILES string of the molecule is NCC[C@H]1OCCc2ccccc21. The predicted molar refractivity (Wildman–Crippen MR) is 52.5 cm³/mol. The molecule has 0 saturated heterocycles. The first kappa shape index (κ1) is 8.73. The van der Waals surface area contributed by atoms with Crippen LogP contribution in [0.1, 0.15) is 23.7 Å².